The summed E-state index contributed by atoms with van der Waals surface area (Å²) in [6.45, 7) is 0. The minimum absolute atomic E-state index is 0.189. The van der Waals surface area contributed by atoms with Gasteiger partial charge >= 0.3 is 93.5 Å². The molecule has 2 N–H and O–H groups in total. The van der Waals surface area contributed by atoms with Gasteiger partial charge in [0.25, 0.3) is 0 Å². The number of rotatable bonds is 1. The van der Waals surface area contributed by atoms with Gasteiger partial charge in [0.1, 0.15) is 0 Å². The second-order valence-corrected chi connectivity index (χ2v) is 3.75. The summed E-state index contributed by atoms with van der Waals surface area (Å²) < 4.78 is 0.275. The first-order valence-electron chi connectivity index (χ1n) is 4.24. The van der Waals surface area contributed by atoms with E-state index in [0.29, 0.717) is 5.56 Å². The third-order valence-electron chi connectivity index (χ3n) is 1.94. The van der Waals surface area contributed by atoms with Crippen molar-refractivity contribution >= 4 is 20.7 Å². The zero-order valence-electron chi connectivity index (χ0n) is 7.60. The normalized spacial score (nSPS) is 10.1. The second-order valence-electron chi connectivity index (χ2n) is 2.94. The Bertz CT molecular complexity index is 537. The number of benzene rings is 1. The molecule has 0 spiro atoms. The Morgan fingerprint density at radius 1 is 1.27 bits per heavy atom. The van der Waals surface area contributed by atoms with E-state index in [0.717, 1.165) is 0 Å². The molecule has 1 radical (unpaired) electrons. The van der Waals surface area contributed by atoms with Crippen molar-refractivity contribution in [2.45, 2.75) is 0 Å². The second kappa shape index (κ2) is 3.88. The molecule has 2 aromatic rings. The molecule has 0 fully saturated rings. The van der Waals surface area contributed by atoms with E-state index in [1.54, 1.807) is 24.3 Å². The minimum atomic E-state index is -0.359. The summed E-state index contributed by atoms with van der Waals surface area (Å²) in [5.41, 5.74) is 0.473. The quantitative estimate of drug-likeness (QED) is 0.710. The van der Waals surface area contributed by atoms with Crippen LogP contribution in [0.15, 0.2) is 35.1 Å². The molecule has 1 aromatic heterocycles. The van der Waals surface area contributed by atoms with Crippen molar-refractivity contribution in [1.82, 2.24) is 9.97 Å². The number of nitrogens with one attached hydrogen (secondary N) is 1. The number of H-pyrrole nitrogens is 1. The van der Waals surface area contributed by atoms with Crippen LogP contribution in [-0.4, -0.2) is 31.1 Å². The topological polar surface area (TPSA) is 66.0 Å². The van der Waals surface area contributed by atoms with Crippen LogP contribution in [0, 0.1) is 0 Å². The van der Waals surface area contributed by atoms with Crippen LogP contribution in [0.2, 0.25) is 0 Å². The first kappa shape index (κ1) is 9.96. The van der Waals surface area contributed by atoms with Crippen LogP contribution in [0.4, 0.5) is 0 Å². The number of nitrogens with zero attached hydrogens (tertiary/aromatic N) is 1. The van der Waals surface area contributed by atoms with Gasteiger partial charge in [0.05, 0.1) is 0 Å². The molecule has 0 unspecified atom stereocenters. The first-order valence-corrected chi connectivity index (χ1v) is 5.10. The molecule has 0 saturated carbocycles. The first-order chi connectivity index (χ1) is 7.18. The average molecular weight is 266 g/mol. The van der Waals surface area contributed by atoms with E-state index >= 15 is 0 Å². The monoisotopic (exact) mass is 267 g/mol. The van der Waals surface area contributed by atoms with Crippen molar-refractivity contribution in [1.29, 1.82) is 0 Å². The summed E-state index contributed by atoms with van der Waals surface area (Å²) in [6, 6.07) is 8.90. The molecular weight excluding hydrogens is 259 g/mol. The summed E-state index contributed by atoms with van der Waals surface area (Å²) >= 11 is 2.54. The Hall–Kier alpha value is -1.58. The predicted octanol–water partition coefficient (Wildman–Crippen LogP) is -0.0637. The van der Waals surface area contributed by atoms with Gasteiger partial charge in [0, 0.05) is 0 Å². The molecule has 1 heterocycles. The fourth-order valence-electron chi connectivity index (χ4n) is 1.31. The number of aromatic nitrogens is 2. The van der Waals surface area contributed by atoms with Crippen molar-refractivity contribution in [3.05, 3.63) is 40.7 Å². The Morgan fingerprint density at radius 2 is 1.93 bits per heavy atom. The zero-order valence-corrected chi connectivity index (χ0v) is 9.31. The summed E-state index contributed by atoms with van der Waals surface area (Å²) in [6.07, 6.45) is 0. The maximum atomic E-state index is 11.6. The third-order valence-corrected chi connectivity index (χ3v) is 2.35. The van der Waals surface area contributed by atoms with Crippen molar-refractivity contribution in [2.75, 3.05) is 0 Å². The van der Waals surface area contributed by atoms with Crippen LogP contribution in [-0.2, 0) is 0 Å². The van der Waals surface area contributed by atoms with E-state index in [1.165, 1.54) is 0 Å². The summed E-state index contributed by atoms with van der Waals surface area (Å²) in [5, 5.41) is 9.57. The molecule has 0 aliphatic carbocycles. The molecule has 5 heteroatoms. The van der Waals surface area contributed by atoms with E-state index in [9.17, 15) is 9.90 Å². The number of aromatic amines is 1. The molecule has 4 nitrogen and oxygen atoms in total. The van der Waals surface area contributed by atoms with Crippen molar-refractivity contribution in [3.8, 4) is 17.0 Å². The Labute approximate surface area is 93.8 Å². The van der Waals surface area contributed by atoms with E-state index in [4.69, 9.17) is 0 Å². The van der Waals surface area contributed by atoms with E-state index < -0.39 is 0 Å². The van der Waals surface area contributed by atoms with Crippen molar-refractivity contribution < 1.29 is 5.11 Å². The average Bonchev–Trinajstić information content (AvgIpc) is 2.17. The Kier molecular flexibility index (Phi) is 2.58. The van der Waals surface area contributed by atoms with Gasteiger partial charge in [-0.1, -0.05) is 0 Å². The van der Waals surface area contributed by atoms with Gasteiger partial charge in [-0.3, -0.25) is 0 Å². The van der Waals surface area contributed by atoms with Crippen molar-refractivity contribution in [3.63, 3.8) is 0 Å². The van der Waals surface area contributed by atoms with Gasteiger partial charge in [-0.25, -0.2) is 0 Å². The van der Waals surface area contributed by atoms with Crippen LogP contribution in [0.1, 0.15) is 0 Å². The third kappa shape index (κ3) is 1.93. The molecule has 75 valence electrons. The standard InChI is InChI=1S/C10H7N2O2Se/c13-8-7(6-4-2-1-3-5-6)9(14)12-10(15)11-8/h1-5H,(H2,11,12,13,14). The fraction of sp³-hybridized carbons (Fsp3) is 0. The fourth-order valence-corrected chi connectivity index (χ4v) is 1.68. The SMILES string of the molecule is O=c1[nH]c([Se])nc(O)c1-c1ccccc1. The summed E-state index contributed by atoms with van der Waals surface area (Å²) in [5.74, 6) is -0.265. The molecule has 0 bridgehead atoms. The van der Waals surface area contributed by atoms with Crippen molar-refractivity contribution in [2.24, 2.45) is 0 Å². The molecule has 0 amide bonds. The predicted molar refractivity (Wildman–Crippen MR) is 57.3 cm³/mol. The molecule has 0 aliphatic heterocycles. The Balaban J connectivity index is 2.69. The van der Waals surface area contributed by atoms with Crippen LogP contribution >= 0.6 is 0 Å². The molecule has 0 aliphatic rings. The van der Waals surface area contributed by atoms with Gasteiger partial charge in [0.15, 0.2) is 0 Å². The van der Waals surface area contributed by atoms with E-state index in [2.05, 4.69) is 26.0 Å². The molecule has 1 aromatic carbocycles. The van der Waals surface area contributed by atoms with Crippen LogP contribution in [0.5, 0.6) is 5.88 Å². The summed E-state index contributed by atoms with van der Waals surface area (Å²) in [4.78, 5) is 17.8. The maximum absolute atomic E-state index is 11.6. The zero-order chi connectivity index (χ0) is 10.8. The Morgan fingerprint density at radius 3 is 2.53 bits per heavy atom. The van der Waals surface area contributed by atoms with Crippen LogP contribution in [0.25, 0.3) is 11.1 Å². The van der Waals surface area contributed by atoms with E-state index in [1.807, 2.05) is 6.07 Å². The van der Waals surface area contributed by atoms with Gasteiger partial charge < -0.3 is 0 Å². The van der Waals surface area contributed by atoms with Crippen LogP contribution in [0.3, 0.4) is 0 Å². The molecule has 0 atom stereocenters. The van der Waals surface area contributed by atoms with Gasteiger partial charge in [-0.05, 0) is 0 Å². The summed E-state index contributed by atoms with van der Waals surface area (Å²) in [7, 11) is 0. The van der Waals surface area contributed by atoms with Gasteiger partial charge in [-0.2, -0.15) is 0 Å². The number of hydrogen-bond acceptors (Lipinski definition) is 3. The molecule has 2 rings (SSSR count). The van der Waals surface area contributed by atoms with Gasteiger partial charge in [0.2, 0.25) is 0 Å². The number of aromatic hydroxyl groups is 1. The van der Waals surface area contributed by atoms with Crippen LogP contribution < -0.4 is 10.3 Å². The number of hydrogen-bond donors (Lipinski definition) is 2. The molecular formula is C10H7N2O2Se. The molecule has 15 heavy (non-hydrogen) atoms. The molecule has 0 saturated heterocycles. The van der Waals surface area contributed by atoms with E-state index in [-0.39, 0.29) is 21.7 Å². The van der Waals surface area contributed by atoms with Gasteiger partial charge in [-0.15, -0.1) is 0 Å².